The fourth-order valence-electron chi connectivity index (χ4n) is 3.08. The highest BCUT2D eigenvalue weighted by atomic mass is 16.4. The maximum Gasteiger partial charge on any atom is 0.339 e. The highest BCUT2D eigenvalue weighted by molar-refractivity contribution is 5.94. The second-order valence-electron chi connectivity index (χ2n) is 6.12. The van der Waals surface area contributed by atoms with Crippen LogP contribution in [0.25, 0.3) is 0 Å². The molecule has 1 aliphatic carbocycles. The van der Waals surface area contributed by atoms with E-state index in [2.05, 4.69) is 22.4 Å². The third-order valence-electron chi connectivity index (χ3n) is 4.77. The molecule has 5 nitrogen and oxygen atoms in total. The summed E-state index contributed by atoms with van der Waals surface area (Å²) in [6.07, 6.45) is 6.27. The fourth-order valence-corrected chi connectivity index (χ4v) is 3.08. The average molecular weight is 291 g/mol. The molecule has 0 spiro atoms. The van der Waals surface area contributed by atoms with E-state index in [1.54, 1.807) is 13.8 Å². The summed E-state index contributed by atoms with van der Waals surface area (Å²) in [5.41, 5.74) is 1.61. The first kappa shape index (κ1) is 15.7. The zero-order valence-corrected chi connectivity index (χ0v) is 13.1. The SMILES string of the molecule is CCC1CCC(CNc2nnc(C)c(C)c2C(=O)O)CC1. The van der Waals surface area contributed by atoms with Gasteiger partial charge in [-0.25, -0.2) is 4.79 Å². The van der Waals surface area contributed by atoms with Gasteiger partial charge in [0.15, 0.2) is 5.82 Å². The molecule has 1 aliphatic rings. The standard InChI is InChI=1S/C16H25N3O2/c1-4-12-5-7-13(8-6-12)9-17-15-14(16(20)21)10(2)11(3)18-19-15/h12-13H,4-9H2,1-3H3,(H,17,19)(H,20,21). The highest BCUT2D eigenvalue weighted by Crippen LogP contribution is 2.31. The van der Waals surface area contributed by atoms with Gasteiger partial charge in [0, 0.05) is 6.54 Å². The number of carbonyl (C=O) groups is 1. The molecular formula is C16H25N3O2. The van der Waals surface area contributed by atoms with Gasteiger partial charge in [0.25, 0.3) is 0 Å². The highest BCUT2D eigenvalue weighted by Gasteiger charge is 2.22. The second kappa shape index (κ2) is 6.87. The van der Waals surface area contributed by atoms with Crippen molar-refractivity contribution in [2.24, 2.45) is 11.8 Å². The summed E-state index contributed by atoms with van der Waals surface area (Å²) < 4.78 is 0. The number of aromatic nitrogens is 2. The van der Waals surface area contributed by atoms with E-state index in [9.17, 15) is 9.90 Å². The molecule has 2 rings (SSSR count). The van der Waals surface area contributed by atoms with Gasteiger partial charge in [0.2, 0.25) is 0 Å². The van der Waals surface area contributed by atoms with Crippen molar-refractivity contribution in [3.8, 4) is 0 Å². The van der Waals surface area contributed by atoms with Crippen LogP contribution in [0.4, 0.5) is 5.82 Å². The Morgan fingerprint density at radius 3 is 2.38 bits per heavy atom. The number of carboxylic acid groups (broad SMARTS) is 1. The number of nitrogens with zero attached hydrogens (tertiary/aromatic N) is 2. The van der Waals surface area contributed by atoms with Crippen LogP contribution in [0, 0.1) is 25.7 Å². The average Bonchev–Trinajstić information content (AvgIpc) is 2.48. The van der Waals surface area contributed by atoms with Gasteiger partial charge in [-0.1, -0.05) is 26.2 Å². The Morgan fingerprint density at radius 1 is 1.19 bits per heavy atom. The fraction of sp³-hybridized carbons (Fsp3) is 0.688. The maximum absolute atomic E-state index is 11.4. The molecule has 0 unspecified atom stereocenters. The van der Waals surface area contributed by atoms with Crippen LogP contribution in [-0.2, 0) is 0 Å². The third-order valence-corrected chi connectivity index (χ3v) is 4.77. The van der Waals surface area contributed by atoms with Crippen molar-refractivity contribution < 1.29 is 9.90 Å². The molecule has 0 saturated heterocycles. The smallest absolute Gasteiger partial charge is 0.339 e. The molecule has 5 heteroatoms. The molecule has 1 heterocycles. The van der Waals surface area contributed by atoms with Crippen molar-refractivity contribution >= 4 is 11.8 Å². The number of carboxylic acids is 1. The molecule has 2 N–H and O–H groups in total. The van der Waals surface area contributed by atoms with Crippen molar-refractivity contribution in [2.75, 3.05) is 11.9 Å². The Labute approximate surface area is 126 Å². The van der Waals surface area contributed by atoms with Gasteiger partial charge in [0.05, 0.1) is 5.69 Å². The summed E-state index contributed by atoms with van der Waals surface area (Å²) in [6.45, 7) is 6.61. The maximum atomic E-state index is 11.4. The minimum atomic E-state index is -0.942. The molecule has 0 atom stereocenters. The van der Waals surface area contributed by atoms with Crippen LogP contribution in [-0.4, -0.2) is 27.8 Å². The number of anilines is 1. The number of nitrogens with one attached hydrogen (secondary N) is 1. The number of hydrogen-bond donors (Lipinski definition) is 2. The molecule has 21 heavy (non-hydrogen) atoms. The summed E-state index contributed by atoms with van der Waals surface area (Å²) in [5.74, 6) is 0.945. The number of hydrogen-bond acceptors (Lipinski definition) is 4. The number of rotatable bonds is 5. The van der Waals surface area contributed by atoms with E-state index in [-0.39, 0.29) is 5.56 Å². The largest absolute Gasteiger partial charge is 0.478 e. The van der Waals surface area contributed by atoms with E-state index in [0.717, 1.165) is 12.5 Å². The van der Waals surface area contributed by atoms with E-state index in [1.165, 1.54) is 32.1 Å². The quantitative estimate of drug-likeness (QED) is 0.869. The Morgan fingerprint density at radius 2 is 1.81 bits per heavy atom. The van der Waals surface area contributed by atoms with Gasteiger partial charge >= 0.3 is 5.97 Å². The van der Waals surface area contributed by atoms with Crippen molar-refractivity contribution in [1.29, 1.82) is 0 Å². The van der Waals surface area contributed by atoms with E-state index >= 15 is 0 Å². The Balaban J connectivity index is 2.01. The van der Waals surface area contributed by atoms with E-state index in [0.29, 0.717) is 23.0 Å². The lowest BCUT2D eigenvalue weighted by molar-refractivity contribution is 0.0696. The number of aryl methyl sites for hydroxylation is 1. The molecule has 1 saturated carbocycles. The molecular weight excluding hydrogens is 266 g/mol. The van der Waals surface area contributed by atoms with Crippen LogP contribution in [0.5, 0.6) is 0 Å². The molecule has 0 aliphatic heterocycles. The molecule has 116 valence electrons. The van der Waals surface area contributed by atoms with Crippen molar-refractivity contribution in [1.82, 2.24) is 10.2 Å². The van der Waals surface area contributed by atoms with Gasteiger partial charge in [-0.3, -0.25) is 0 Å². The van der Waals surface area contributed by atoms with Crippen LogP contribution in [0.3, 0.4) is 0 Å². The van der Waals surface area contributed by atoms with Crippen molar-refractivity contribution in [2.45, 2.75) is 52.9 Å². The molecule has 0 radical (unpaired) electrons. The predicted molar refractivity (Wildman–Crippen MR) is 82.7 cm³/mol. The zero-order chi connectivity index (χ0) is 15.4. The first-order valence-electron chi connectivity index (χ1n) is 7.84. The van der Waals surface area contributed by atoms with E-state index in [4.69, 9.17) is 0 Å². The summed E-state index contributed by atoms with van der Waals surface area (Å²) in [4.78, 5) is 11.4. The van der Waals surface area contributed by atoms with Crippen LogP contribution < -0.4 is 5.32 Å². The monoisotopic (exact) mass is 291 g/mol. The molecule has 0 aromatic carbocycles. The third kappa shape index (κ3) is 3.71. The first-order chi connectivity index (χ1) is 10.0. The van der Waals surface area contributed by atoms with Gasteiger partial charge < -0.3 is 10.4 Å². The Hall–Kier alpha value is -1.65. The number of aromatic carboxylic acids is 1. The normalized spacial score (nSPS) is 22.0. The summed E-state index contributed by atoms with van der Waals surface area (Å²) in [5, 5.41) is 20.6. The summed E-state index contributed by atoms with van der Waals surface area (Å²) in [6, 6.07) is 0. The predicted octanol–water partition coefficient (Wildman–Crippen LogP) is 3.42. The van der Waals surface area contributed by atoms with Crippen LogP contribution >= 0.6 is 0 Å². The molecule has 1 aromatic rings. The lowest BCUT2D eigenvalue weighted by Crippen LogP contribution is -2.23. The minimum Gasteiger partial charge on any atom is -0.478 e. The lowest BCUT2D eigenvalue weighted by atomic mass is 9.81. The molecule has 1 aromatic heterocycles. The van der Waals surface area contributed by atoms with E-state index in [1.807, 2.05) is 0 Å². The van der Waals surface area contributed by atoms with Gasteiger partial charge in [-0.05, 0) is 44.1 Å². The van der Waals surface area contributed by atoms with E-state index < -0.39 is 5.97 Å². The second-order valence-corrected chi connectivity index (χ2v) is 6.12. The van der Waals surface area contributed by atoms with Gasteiger partial charge in [0.1, 0.15) is 5.56 Å². The van der Waals surface area contributed by atoms with Crippen molar-refractivity contribution in [3.05, 3.63) is 16.8 Å². The van der Waals surface area contributed by atoms with Crippen LogP contribution in [0.15, 0.2) is 0 Å². The summed E-state index contributed by atoms with van der Waals surface area (Å²) in [7, 11) is 0. The Bertz CT molecular complexity index is 508. The van der Waals surface area contributed by atoms with Crippen LogP contribution in [0.2, 0.25) is 0 Å². The van der Waals surface area contributed by atoms with Gasteiger partial charge in [-0.15, -0.1) is 5.10 Å². The minimum absolute atomic E-state index is 0.254. The zero-order valence-electron chi connectivity index (χ0n) is 13.1. The lowest BCUT2D eigenvalue weighted by Gasteiger charge is -2.28. The topological polar surface area (TPSA) is 75.1 Å². The molecule has 0 bridgehead atoms. The molecule has 0 amide bonds. The molecule has 1 fully saturated rings. The summed E-state index contributed by atoms with van der Waals surface area (Å²) >= 11 is 0. The first-order valence-corrected chi connectivity index (χ1v) is 7.84. The van der Waals surface area contributed by atoms with Crippen LogP contribution in [0.1, 0.15) is 60.6 Å². The Kier molecular flexibility index (Phi) is 5.15. The van der Waals surface area contributed by atoms with Gasteiger partial charge in [-0.2, -0.15) is 5.10 Å². The van der Waals surface area contributed by atoms with Crippen molar-refractivity contribution in [3.63, 3.8) is 0 Å².